The summed E-state index contributed by atoms with van der Waals surface area (Å²) in [5.74, 6) is 0.444. The van der Waals surface area contributed by atoms with Crippen LogP contribution in [0.4, 0.5) is 10.3 Å². The van der Waals surface area contributed by atoms with Crippen LogP contribution in [0.5, 0.6) is 0 Å². The SMILES string of the molecule is O=C(NCc1cccc(F)c1)[C@H]1CCCN(c2nc3ccccc3[nH]2)C1. The van der Waals surface area contributed by atoms with Crippen molar-refractivity contribution in [2.75, 3.05) is 18.0 Å². The zero-order valence-electron chi connectivity index (χ0n) is 14.4. The van der Waals surface area contributed by atoms with Gasteiger partial charge in [-0.2, -0.15) is 0 Å². The lowest BCUT2D eigenvalue weighted by Gasteiger charge is -2.31. The molecule has 0 bridgehead atoms. The molecule has 0 saturated carbocycles. The maximum absolute atomic E-state index is 13.2. The highest BCUT2D eigenvalue weighted by Gasteiger charge is 2.27. The van der Waals surface area contributed by atoms with Crippen LogP contribution >= 0.6 is 0 Å². The normalized spacial score (nSPS) is 17.4. The van der Waals surface area contributed by atoms with E-state index in [0.29, 0.717) is 13.1 Å². The molecule has 6 heteroatoms. The van der Waals surface area contributed by atoms with E-state index in [2.05, 4.69) is 20.2 Å². The van der Waals surface area contributed by atoms with Crippen LogP contribution in [0.1, 0.15) is 18.4 Å². The molecule has 2 heterocycles. The van der Waals surface area contributed by atoms with E-state index in [4.69, 9.17) is 0 Å². The first-order chi connectivity index (χ1) is 12.7. The summed E-state index contributed by atoms with van der Waals surface area (Å²) in [6.45, 7) is 1.86. The van der Waals surface area contributed by atoms with Gasteiger partial charge in [0.25, 0.3) is 0 Å². The van der Waals surface area contributed by atoms with Gasteiger partial charge in [-0.25, -0.2) is 9.37 Å². The molecule has 4 rings (SSSR count). The third-order valence-corrected chi connectivity index (χ3v) is 4.82. The molecule has 134 valence electrons. The first-order valence-corrected chi connectivity index (χ1v) is 8.91. The van der Waals surface area contributed by atoms with Crippen molar-refractivity contribution in [2.45, 2.75) is 19.4 Å². The fourth-order valence-electron chi connectivity index (χ4n) is 3.45. The number of benzene rings is 2. The molecule has 1 saturated heterocycles. The van der Waals surface area contributed by atoms with Crippen molar-refractivity contribution in [3.63, 3.8) is 0 Å². The van der Waals surface area contributed by atoms with Crippen molar-refractivity contribution in [2.24, 2.45) is 5.92 Å². The van der Waals surface area contributed by atoms with Gasteiger partial charge in [-0.1, -0.05) is 24.3 Å². The van der Waals surface area contributed by atoms with Gasteiger partial charge in [-0.05, 0) is 42.7 Å². The van der Waals surface area contributed by atoms with Crippen molar-refractivity contribution in [1.82, 2.24) is 15.3 Å². The number of carbonyl (C=O) groups is 1. The minimum absolute atomic E-state index is 0.00933. The van der Waals surface area contributed by atoms with Crippen LogP contribution in [0.3, 0.4) is 0 Å². The molecule has 2 aromatic carbocycles. The highest BCUT2D eigenvalue weighted by Crippen LogP contribution is 2.23. The number of rotatable bonds is 4. The van der Waals surface area contributed by atoms with E-state index in [0.717, 1.165) is 41.9 Å². The van der Waals surface area contributed by atoms with E-state index in [-0.39, 0.29) is 17.6 Å². The molecule has 1 amide bonds. The van der Waals surface area contributed by atoms with Crippen LogP contribution in [0.2, 0.25) is 0 Å². The first kappa shape index (κ1) is 16.6. The van der Waals surface area contributed by atoms with E-state index in [1.165, 1.54) is 12.1 Å². The van der Waals surface area contributed by atoms with E-state index >= 15 is 0 Å². The number of fused-ring (bicyclic) bond motifs is 1. The molecular formula is C20H21FN4O. The van der Waals surface area contributed by atoms with Gasteiger partial charge in [-0.3, -0.25) is 4.79 Å². The van der Waals surface area contributed by atoms with Crippen molar-refractivity contribution in [1.29, 1.82) is 0 Å². The molecule has 1 aliphatic heterocycles. The fourth-order valence-corrected chi connectivity index (χ4v) is 3.45. The second-order valence-corrected chi connectivity index (χ2v) is 6.71. The number of hydrogen-bond acceptors (Lipinski definition) is 3. The predicted octanol–water partition coefficient (Wildman–Crippen LogP) is 3.23. The Morgan fingerprint density at radius 2 is 2.15 bits per heavy atom. The molecule has 26 heavy (non-hydrogen) atoms. The number of piperidine rings is 1. The Labute approximate surface area is 151 Å². The molecule has 0 aliphatic carbocycles. The quantitative estimate of drug-likeness (QED) is 0.758. The lowest BCUT2D eigenvalue weighted by Crippen LogP contribution is -2.43. The van der Waals surface area contributed by atoms with Crippen LogP contribution in [0.25, 0.3) is 11.0 Å². The summed E-state index contributed by atoms with van der Waals surface area (Å²) < 4.78 is 13.2. The number of anilines is 1. The number of para-hydroxylation sites is 2. The van der Waals surface area contributed by atoms with E-state index < -0.39 is 0 Å². The highest BCUT2D eigenvalue weighted by atomic mass is 19.1. The standard InChI is InChI=1S/C20H21FN4O/c21-16-7-3-5-14(11-16)12-22-19(26)15-6-4-10-25(13-15)20-23-17-8-1-2-9-18(17)24-20/h1-3,5,7-9,11,15H,4,6,10,12-13H2,(H,22,26)(H,23,24)/t15-/m0/s1. The lowest BCUT2D eigenvalue weighted by molar-refractivity contribution is -0.125. The maximum Gasteiger partial charge on any atom is 0.225 e. The summed E-state index contributed by atoms with van der Waals surface area (Å²) >= 11 is 0. The summed E-state index contributed by atoms with van der Waals surface area (Å²) in [4.78, 5) is 22.6. The fraction of sp³-hybridized carbons (Fsp3) is 0.300. The number of nitrogens with one attached hydrogen (secondary N) is 2. The van der Waals surface area contributed by atoms with E-state index in [1.54, 1.807) is 6.07 Å². The van der Waals surface area contributed by atoms with Gasteiger partial charge in [0.1, 0.15) is 5.82 Å². The Balaban J connectivity index is 1.40. The average molecular weight is 352 g/mol. The van der Waals surface area contributed by atoms with Crippen LogP contribution < -0.4 is 10.2 Å². The van der Waals surface area contributed by atoms with Crippen LogP contribution in [-0.4, -0.2) is 29.0 Å². The molecule has 1 fully saturated rings. The Bertz CT molecular complexity index is 890. The molecule has 1 aromatic heterocycles. The number of aromatic nitrogens is 2. The highest BCUT2D eigenvalue weighted by molar-refractivity contribution is 5.80. The largest absolute Gasteiger partial charge is 0.352 e. The minimum Gasteiger partial charge on any atom is -0.352 e. The van der Waals surface area contributed by atoms with E-state index in [1.807, 2.05) is 30.3 Å². The van der Waals surface area contributed by atoms with Crippen molar-refractivity contribution < 1.29 is 9.18 Å². The number of amides is 1. The smallest absolute Gasteiger partial charge is 0.225 e. The maximum atomic E-state index is 13.2. The summed E-state index contributed by atoms with van der Waals surface area (Å²) in [5.41, 5.74) is 2.70. The predicted molar refractivity (Wildman–Crippen MR) is 99.3 cm³/mol. The third-order valence-electron chi connectivity index (χ3n) is 4.82. The lowest BCUT2D eigenvalue weighted by atomic mass is 9.97. The minimum atomic E-state index is -0.287. The number of aromatic amines is 1. The van der Waals surface area contributed by atoms with Gasteiger partial charge >= 0.3 is 0 Å². The average Bonchev–Trinajstić information content (AvgIpc) is 3.10. The van der Waals surface area contributed by atoms with Gasteiger partial charge in [0.05, 0.1) is 17.0 Å². The van der Waals surface area contributed by atoms with Crippen LogP contribution in [0.15, 0.2) is 48.5 Å². The van der Waals surface area contributed by atoms with E-state index in [9.17, 15) is 9.18 Å². The van der Waals surface area contributed by atoms with Crippen molar-refractivity contribution in [3.05, 3.63) is 59.9 Å². The molecule has 2 N–H and O–H groups in total. The Morgan fingerprint density at radius 3 is 3.00 bits per heavy atom. The molecule has 1 aliphatic rings. The summed E-state index contributed by atoms with van der Waals surface area (Å²) in [7, 11) is 0. The van der Waals surface area contributed by atoms with Gasteiger partial charge in [0.15, 0.2) is 0 Å². The molecule has 0 unspecified atom stereocenters. The van der Waals surface area contributed by atoms with Crippen molar-refractivity contribution in [3.8, 4) is 0 Å². The van der Waals surface area contributed by atoms with Crippen LogP contribution in [-0.2, 0) is 11.3 Å². The number of hydrogen-bond donors (Lipinski definition) is 2. The van der Waals surface area contributed by atoms with Crippen molar-refractivity contribution >= 4 is 22.9 Å². The number of H-pyrrole nitrogens is 1. The topological polar surface area (TPSA) is 61.0 Å². The molecule has 1 atom stereocenters. The molecule has 0 spiro atoms. The Hall–Kier alpha value is -2.89. The van der Waals surface area contributed by atoms with Gasteiger partial charge in [0.2, 0.25) is 11.9 Å². The summed E-state index contributed by atoms with van der Waals surface area (Å²) in [6, 6.07) is 14.2. The van der Waals surface area contributed by atoms with Crippen LogP contribution in [0, 0.1) is 11.7 Å². The number of halogens is 1. The molecule has 0 radical (unpaired) electrons. The number of nitrogens with zero attached hydrogens (tertiary/aromatic N) is 2. The van der Waals surface area contributed by atoms with Gasteiger partial charge in [0, 0.05) is 19.6 Å². The Kier molecular flexibility index (Phi) is 4.56. The second-order valence-electron chi connectivity index (χ2n) is 6.71. The van der Waals surface area contributed by atoms with Gasteiger partial charge in [-0.15, -0.1) is 0 Å². The Morgan fingerprint density at radius 1 is 1.27 bits per heavy atom. The number of imidazole rings is 1. The molecule has 5 nitrogen and oxygen atoms in total. The first-order valence-electron chi connectivity index (χ1n) is 8.91. The van der Waals surface area contributed by atoms with Gasteiger partial charge < -0.3 is 15.2 Å². The number of carbonyl (C=O) groups excluding carboxylic acids is 1. The zero-order valence-corrected chi connectivity index (χ0v) is 14.4. The second kappa shape index (κ2) is 7.15. The molecule has 3 aromatic rings. The summed E-state index contributed by atoms with van der Waals surface area (Å²) in [6.07, 6.45) is 1.79. The summed E-state index contributed by atoms with van der Waals surface area (Å²) in [5, 5.41) is 2.93. The zero-order chi connectivity index (χ0) is 17.9. The molecular weight excluding hydrogens is 331 g/mol. The third kappa shape index (κ3) is 3.54. The monoisotopic (exact) mass is 352 g/mol.